The first kappa shape index (κ1) is 22.3. The van der Waals surface area contributed by atoms with Crippen molar-refractivity contribution in [2.24, 2.45) is 5.92 Å². The van der Waals surface area contributed by atoms with E-state index in [9.17, 15) is 0 Å². The van der Waals surface area contributed by atoms with Gasteiger partial charge < -0.3 is 4.98 Å². The molecule has 1 rings (SSSR count). The summed E-state index contributed by atoms with van der Waals surface area (Å²) < 4.78 is 0. The Kier molecular flexibility index (Phi) is 8.22. The quantitative estimate of drug-likeness (QED) is 0.412. The number of nitrogens with zero attached hydrogens (tertiary/aromatic N) is 1. The minimum Gasteiger partial charge on any atom is -0.345 e. The Bertz CT molecular complexity index is 508. The Morgan fingerprint density at radius 1 is 0.840 bits per heavy atom. The molecule has 0 aliphatic rings. The number of nitrogens with one attached hydrogen (secondary N) is 1. The smallest absolute Gasteiger partial charge is 0.112 e. The van der Waals surface area contributed by atoms with Gasteiger partial charge in [-0.05, 0) is 18.8 Å². The molecule has 0 aliphatic carbocycles. The molecule has 0 spiro atoms. The summed E-state index contributed by atoms with van der Waals surface area (Å²) in [6.45, 7) is 21.0. The van der Waals surface area contributed by atoms with Crippen LogP contribution in [0.2, 0.25) is 0 Å². The van der Waals surface area contributed by atoms with Gasteiger partial charge >= 0.3 is 0 Å². The second-order valence-electron chi connectivity index (χ2n) is 9.71. The summed E-state index contributed by atoms with van der Waals surface area (Å²) in [4.78, 5) is 9.03. The van der Waals surface area contributed by atoms with Gasteiger partial charge in [0.15, 0.2) is 0 Å². The second kappa shape index (κ2) is 9.24. The molecule has 1 aromatic rings. The van der Waals surface area contributed by atoms with Crippen LogP contribution in [0.25, 0.3) is 0 Å². The molecule has 146 valence electrons. The zero-order valence-electron chi connectivity index (χ0n) is 18.6. The molecule has 0 aliphatic heterocycles. The average Bonchev–Trinajstić information content (AvgIpc) is 2.99. The summed E-state index contributed by atoms with van der Waals surface area (Å²) in [7, 11) is 0. The molecule has 0 bridgehead atoms. The van der Waals surface area contributed by atoms with Crippen molar-refractivity contribution < 1.29 is 0 Å². The van der Waals surface area contributed by atoms with Gasteiger partial charge in [-0.3, -0.25) is 0 Å². The van der Waals surface area contributed by atoms with Crippen LogP contribution in [0.5, 0.6) is 0 Å². The van der Waals surface area contributed by atoms with E-state index in [2.05, 4.69) is 67.3 Å². The van der Waals surface area contributed by atoms with E-state index in [4.69, 9.17) is 4.98 Å². The lowest BCUT2D eigenvalue weighted by Gasteiger charge is -2.26. The molecule has 0 aromatic carbocycles. The van der Waals surface area contributed by atoms with E-state index < -0.39 is 0 Å². The fraction of sp³-hybridized carbons (Fsp3) is 0.870. The molecule has 1 atom stereocenters. The van der Waals surface area contributed by atoms with Crippen molar-refractivity contribution in [3.8, 4) is 0 Å². The molecule has 0 fully saturated rings. The number of unbranched alkanes of at least 4 members (excludes halogenated alkanes) is 3. The summed E-state index contributed by atoms with van der Waals surface area (Å²) >= 11 is 0. The predicted octanol–water partition coefficient (Wildman–Crippen LogP) is 7.49. The zero-order chi connectivity index (χ0) is 19.3. The van der Waals surface area contributed by atoms with Crippen LogP contribution in [0.1, 0.15) is 130 Å². The molecular weight excluding hydrogens is 304 g/mol. The normalized spacial score (nSPS) is 14.3. The zero-order valence-corrected chi connectivity index (χ0v) is 18.6. The monoisotopic (exact) mass is 348 g/mol. The van der Waals surface area contributed by atoms with Gasteiger partial charge in [0.25, 0.3) is 0 Å². The van der Waals surface area contributed by atoms with Gasteiger partial charge in [0, 0.05) is 22.4 Å². The van der Waals surface area contributed by atoms with Gasteiger partial charge in [-0.1, -0.05) is 94.4 Å². The summed E-state index contributed by atoms with van der Waals surface area (Å²) in [6, 6.07) is 0. The van der Waals surface area contributed by atoms with E-state index in [1.807, 2.05) is 0 Å². The maximum atomic E-state index is 5.23. The Morgan fingerprint density at radius 2 is 1.40 bits per heavy atom. The van der Waals surface area contributed by atoms with E-state index in [0.29, 0.717) is 11.8 Å². The van der Waals surface area contributed by atoms with Crippen molar-refractivity contribution in [1.82, 2.24) is 9.97 Å². The number of hydrogen-bond donors (Lipinski definition) is 1. The van der Waals surface area contributed by atoms with E-state index >= 15 is 0 Å². The highest BCUT2D eigenvalue weighted by atomic mass is 15.0. The number of aromatic nitrogens is 2. The molecule has 0 saturated carbocycles. The van der Waals surface area contributed by atoms with Crippen LogP contribution in [-0.4, -0.2) is 9.97 Å². The molecule has 1 N–H and O–H groups in total. The number of rotatable bonds is 11. The fourth-order valence-corrected chi connectivity index (χ4v) is 3.56. The first-order chi connectivity index (χ1) is 11.6. The number of aromatic amines is 1. The van der Waals surface area contributed by atoms with E-state index in [1.54, 1.807) is 0 Å². The molecule has 1 unspecified atom stereocenters. The maximum absolute atomic E-state index is 5.23. The highest BCUT2D eigenvalue weighted by Gasteiger charge is 2.33. The molecule has 0 saturated heterocycles. The van der Waals surface area contributed by atoms with Crippen molar-refractivity contribution in [2.45, 2.75) is 124 Å². The van der Waals surface area contributed by atoms with Gasteiger partial charge in [-0.25, -0.2) is 4.98 Å². The Morgan fingerprint density at radius 3 is 1.92 bits per heavy atom. The lowest BCUT2D eigenvalue weighted by Crippen LogP contribution is -2.22. The third kappa shape index (κ3) is 5.86. The Labute approximate surface area is 157 Å². The minimum atomic E-state index is 0.124. The van der Waals surface area contributed by atoms with Crippen LogP contribution in [0.4, 0.5) is 0 Å². The standard InChI is InChI=1S/C23H44N2/c1-10-12-14-16-22(6,7)20-19(18(5)17(3)4)24-21(25-20)23(8,9)15-13-11-2/h17-18H,10-16H2,1-9H3,(H,24,25). The number of imidazole rings is 1. The van der Waals surface area contributed by atoms with Gasteiger partial charge in [0.05, 0.1) is 5.69 Å². The van der Waals surface area contributed by atoms with Crippen molar-refractivity contribution in [1.29, 1.82) is 0 Å². The highest BCUT2D eigenvalue weighted by molar-refractivity contribution is 5.28. The van der Waals surface area contributed by atoms with Crippen molar-refractivity contribution in [2.75, 3.05) is 0 Å². The van der Waals surface area contributed by atoms with Crippen LogP contribution >= 0.6 is 0 Å². The summed E-state index contributed by atoms with van der Waals surface area (Å²) in [6.07, 6.45) is 8.81. The van der Waals surface area contributed by atoms with Crippen LogP contribution in [-0.2, 0) is 10.8 Å². The van der Waals surface area contributed by atoms with Gasteiger partial charge in [0.2, 0.25) is 0 Å². The van der Waals surface area contributed by atoms with Crippen LogP contribution < -0.4 is 0 Å². The Hall–Kier alpha value is -0.790. The third-order valence-electron chi connectivity index (χ3n) is 6.03. The van der Waals surface area contributed by atoms with Gasteiger partial charge in [-0.2, -0.15) is 0 Å². The first-order valence-corrected chi connectivity index (χ1v) is 10.7. The van der Waals surface area contributed by atoms with Crippen molar-refractivity contribution in [3.05, 3.63) is 17.2 Å². The number of hydrogen-bond acceptors (Lipinski definition) is 1. The van der Waals surface area contributed by atoms with Crippen molar-refractivity contribution >= 4 is 0 Å². The van der Waals surface area contributed by atoms with Crippen molar-refractivity contribution in [3.63, 3.8) is 0 Å². The van der Waals surface area contributed by atoms with E-state index in [0.717, 1.165) is 0 Å². The molecule has 1 heterocycles. The second-order valence-corrected chi connectivity index (χ2v) is 9.71. The molecule has 2 nitrogen and oxygen atoms in total. The Balaban J connectivity index is 3.24. The largest absolute Gasteiger partial charge is 0.345 e. The van der Waals surface area contributed by atoms with Crippen LogP contribution in [0.3, 0.4) is 0 Å². The molecule has 0 radical (unpaired) electrons. The highest BCUT2D eigenvalue weighted by Crippen LogP contribution is 2.38. The third-order valence-corrected chi connectivity index (χ3v) is 6.03. The van der Waals surface area contributed by atoms with E-state index in [-0.39, 0.29) is 10.8 Å². The topological polar surface area (TPSA) is 28.7 Å². The molecule has 0 amide bonds. The lowest BCUT2D eigenvalue weighted by atomic mass is 9.79. The predicted molar refractivity (Wildman–Crippen MR) is 112 cm³/mol. The lowest BCUT2D eigenvalue weighted by molar-refractivity contribution is 0.418. The molecular formula is C23H44N2. The minimum absolute atomic E-state index is 0.124. The average molecular weight is 349 g/mol. The fourth-order valence-electron chi connectivity index (χ4n) is 3.56. The van der Waals surface area contributed by atoms with Crippen LogP contribution in [0.15, 0.2) is 0 Å². The molecule has 25 heavy (non-hydrogen) atoms. The first-order valence-electron chi connectivity index (χ1n) is 10.7. The molecule has 2 heteroatoms. The SMILES string of the molecule is CCCCCC(C)(C)c1nc(C(C)(C)CCCC)[nH]c1C(C)C(C)C. The van der Waals surface area contributed by atoms with E-state index in [1.165, 1.54) is 62.2 Å². The number of H-pyrrole nitrogens is 1. The summed E-state index contributed by atoms with van der Waals surface area (Å²) in [5.74, 6) is 2.34. The summed E-state index contributed by atoms with van der Waals surface area (Å²) in [5.41, 5.74) is 2.98. The van der Waals surface area contributed by atoms with Gasteiger partial charge in [-0.15, -0.1) is 0 Å². The maximum Gasteiger partial charge on any atom is 0.112 e. The summed E-state index contributed by atoms with van der Waals surface area (Å²) in [5, 5.41) is 0. The molecule has 1 aromatic heterocycles. The van der Waals surface area contributed by atoms with Crippen LogP contribution in [0, 0.1) is 5.92 Å². The van der Waals surface area contributed by atoms with Gasteiger partial charge in [0.1, 0.15) is 5.82 Å².